The lowest BCUT2D eigenvalue weighted by Crippen LogP contribution is -2.14. The molecule has 6 heteroatoms. The first kappa shape index (κ1) is 15.5. The van der Waals surface area contributed by atoms with Crippen LogP contribution in [0.25, 0.3) is 0 Å². The number of halogens is 2. The van der Waals surface area contributed by atoms with Gasteiger partial charge in [0.25, 0.3) is 5.91 Å². The van der Waals surface area contributed by atoms with Gasteiger partial charge < -0.3 is 10.4 Å². The molecule has 0 aromatic heterocycles. The third-order valence-corrected chi connectivity index (χ3v) is 4.21. The van der Waals surface area contributed by atoms with Crippen LogP contribution in [0.15, 0.2) is 40.9 Å². The van der Waals surface area contributed by atoms with Crippen molar-refractivity contribution in [2.45, 2.75) is 6.92 Å². The van der Waals surface area contributed by atoms with Gasteiger partial charge in [-0.3, -0.25) is 4.79 Å². The first-order valence-corrected chi connectivity index (χ1v) is 7.16. The zero-order chi connectivity index (χ0) is 15.6. The van der Waals surface area contributed by atoms with Crippen molar-refractivity contribution in [1.29, 1.82) is 0 Å². The molecule has 0 fully saturated rings. The Hall–Kier alpha value is -1.85. The number of benzene rings is 2. The molecule has 2 aromatic carbocycles. The van der Waals surface area contributed by atoms with Gasteiger partial charge >= 0.3 is 5.97 Å². The highest BCUT2D eigenvalue weighted by molar-refractivity contribution is 9.10. The van der Waals surface area contributed by atoms with E-state index in [1.807, 2.05) is 0 Å². The summed E-state index contributed by atoms with van der Waals surface area (Å²) in [6.45, 7) is 1.65. The summed E-state index contributed by atoms with van der Waals surface area (Å²) in [7, 11) is 0. The molecule has 0 saturated heterocycles. The minimum absolute atomic E-state index is 0.157. The van der Waals surface area contributed by atoms with Gasteiger partial charge in [-0.1, -0.05) is 17.7 Å². The van der Waals surface area contributed by atoms with Crippen molar-refractivity contribution < 1.29 is 14.7 Å². The van der Waals surface area contributed by atoms with Crippen molar-refractivity contribution in [2.75, 3.05) is 5.32 Å². The molecule has 4 nitrogen and oxygen atoms in total. The highest BCUT2D eigenvalue weighted by Crippen LogP contribution is 2.24. The molecule has 0 aliphatic heterocycles. The molecule has 0 aliphatic carbocycles. The van der Waals surface area contributed by atoms with E-state index in [9.17, 15) is 9.59 Å². The summed E-state index contributed by atoms with van der Waals surface area (Å²) < 4.78 is 0.618. The summed E-state index contributed by atoms with van der Waals surface area (Å²) in [5.41, 5.74) is 1.55. The maximum Gasteiger partial charge on any atom is 0.336 e. The molecule has 0 radical (unpaired) electrons. The zero-order valence-electron chi connectivity index (χ0n) is 11.0. The Morgan fingerprint density at radius 3 is 2.57 bits per heavy atom. The minimum atomic E-state index is -1.03. The summed E-state index contributed by atoms with van der Waals surface area (Å²) >= 11 is 9.14. The maximum absolute atomic E-state index is 12.2. The number of aromatic carboxylic acids is 1. The van der Waals surface area contributed by atoms with Crippen LogP contribution < -0.4 is 5.32 Å². The fraction of sp³-hybridized carbons (Fsp3) is 0.0667. The summed E-state index contributed by atoms with van der Waals surface area (Å²) in [6.07, 6.45) is 0. The largest absolute Gasteiger partial charge is 0.478 e. The van der Waals surface area contributed by atoms with Crippen molar-refractivity contribution in [3.63, 3.8) is 0 Å². The van der Waals surface area contributed by atoms with Crippen LogP contribution in [0.2, 0.25) is 5.02 Å². The number of anilines is 1. The predicted molar refractivity (Wildman–Crippen MR) is 85.2 cm³/mol. The van der Waals surface area contributed by atoms with E-state index in [1.165, 1.54) is 6.07 Å². The average Bonchev–Trinajstić information content (AvgIpc) is 2.43. The fourth-order valence-corrected chi connectivity index (χ4v) is 2.33. The molecule has 0 spiro atoms. The zero-order valence-corrected chi connectivity index (χ0v) is 13.3. The Kier molecular flexibility index (Phi) is 4.65. The average molecular weight is 369 g/mol. The van der Waals surface area contributed by atoms with Crippen molar-refractivity contribution in [3.05, 3.63) is 62.6 Å². The van der Waals surface area contributed by atoms with Gasteiger partial charge in [0, 0.05) is 15.7 Å². The van der Waals surface area contributed by atoms with Crippen molar-refractivity contribution in [3.8, 4) is 0 Å². The van der Waals surface area contributed by atoms with Gasteiger partial charge in [-0.05, 0) is 58.7 Å². The highest BCUT2D eigenvalue weighted by atomic mass is 79.9. The number of amides is 1. The number of carbonyl (C=O) groups excluding carboxylic acids is 1. The van der Waals surface area contributed by atoms with E-state index in [-0.39, 0.29) is 11.5 Å². The van der Waals surface area contributed by atoms with Crippen LogP contribution >= 0.6 is 27.5 Å². The molecular weight excluding hydrogens is 358 g/mol. The van der Waals surface area contributed by atoms with Crippen LogP contribution in [0.4, 0.5) is 5.69 Å². The van der Waals surface area contributed by atoms with E-state index in [4.69, 9.17) is 16.7 Å². The molecule has 108 valence electrons. The summed E-state index contributed by atoms with van der Waals surface area (Å²) in [6, 6.07) is 9.55. The molecule has 0 bridgehead atoms. The van der Waals surface area contributed by atoms with Gasteiger partial charge in [0.15, 0.2) is 0 Å². The summed E-state index contributed by atoms with van der Waals surface area (Å²) in [5, 5.41) is 12.3. The maximum atomic E-state index is 12.2. The van der Waals surface area contributed by atoms with Crippen LogP contribution in [-0.4, -0.2) is 17.0 Å². The van der Waals surface area contributed by atoms with Gasteiger partial charge in [-0.15, -0.1) is 0 Å². The van der Waals surface area contributed by atoms with Gasteiger partial charge in [-0.25, -0.2) is 4.79 Å². The molecule has 2 aromatic rings. The standard InChI is InChI=1S/C15H11BrClNO3/c1-8-10(15(20)21)3-2-4-13(8)18-14(19)9-5-6-12(17)11(16)7-9/h2-7H,1H3,(H,18,19)(H,20,21). The number of carboxylic acid groups (broad SMARTS) is 1. The Balaban J connectivity index is 2.29. The van der Waals surface area contributed by atoms with Gasteiger partial charge in [-0.2, -0.15) is 0 Å². The van der Waals surface area contributed by atoms with Crippen LogP contribution in [0.1, 0.15) is 26.3 Å². The lowest BCUT2D eigenvalue weighted by Gasteiger charge is -2.11. The number of hydrogen-bond acceptors (Lipinski definition) is 2. The second-order valence-electron chi connectivity index (χ2n) is 4.37. The monoisotopic (exact) mass is 367 g/mol. The number of carboxylic acids is 1. The van der Waals surface area contributed by atoms with Crippen LogP contribution in [0, 0.1) is 6.92 Å². The molecule has 0 unspecified atom stereocenters. The number of rotatable bonds is 3. The molecule has 21 heavy (non-hydrogen) atoms. The first-order chi connectivity index (χ1) is 9.90. The summed E-state index contributed by atoms with van der Waals surface area (Å²) in [5.74, 6) is -1.36. The molecule has 2 rings (SSSR count). The Bertz CT molecular complexity index is 731. The minimum Gasteiger partial charge on any atom is -0.478 e. The van der Waals surface area contributed by atoms with Gasteiger partial charge in [0.1, 0.15) is 0 Å². The molecule has 1 amide bonds. The number of nitrogens with one attached hydrogen (secondary N) is 1. The molecular formula is C15H11BrClNO3. The fourth-order valence-electron chi connectivity index (χ4n) is 1.83. The van der Waals surface area contributed by atoms with E-state index >= 15 is 0 Å². The first-order valence-electron chi connectivity index (χ1n) is 5.99. The number of carbonyl (C=O) groups is 2. The predicted octanol–water partition coefficient (Wildman–Crippen LogP) is 4.36. The van der Waals surface area contributed by atoms with Crippen molar-refractivity contribution in [2.24, 2.45) is 0 Å². The quantitative estimate of drug-likeness (QED) is 0.846. The van der Waals surface area contributed by atoms with Crippen LogP contribution in [-0.2, 0) is 0 Å². The van der Waals surface area contributed by atoms with E-state index < -0.39 is 5.97 Å². The van der Waals surface area contributed by atoms with E-state index in [1.54, 1.807) is 37.3 Å². The Morgan fingerprint density at radius 2 is 1.95 bits per heavy atom. The molecule has 0 aliphatic rings. The van der Waals surface area contributed by atoms with E-state index in [2.05, 4.69) is 21.2 Å². The lowest BCUT2D eigenvalue weighted by atomic mass is 10.1. The third kappa shape index (κ3) is 3.43. The van der Waals surface area contributed by atoms with E-state index in [0.29, 0.717) is 26.3 Å². The highest BCUT2D eigenvalue weighted by Gasteiger charge is 2.13. The third-order valence-electron chi connectivity index (χ3n) is 2.99. The topological polar surface area (TPSA) is 66.4 Å². The SMILES string of the molecule is Cc1c(NC(=O)c2ccc(Cl)c(Br)c2)cccc1C(=O)O. The van der Waals surface area contributed by atoms with Crippen molar-refractivity contribution in [1.82, 2.24) is 0 Å². The second-order valence-corrected chi connectivity index (χ2v) is 5.63. The smallest absolute Gasteiger partial charge is 0.336 e. The number of hydrogen-bond donors (Lipinski definition) is 2. The van der Waals surface area contributed by atoms with Crippen molar-refractivity contribution >= 4 is 45.1 Å². The Labute approximate surface area is 134 Å². The Morgan fingerprint density at radius 1 is 1.24 bits per heavy atom. The molecule has 0 saturated carbocycles. The summed E-state index contributed by atoms with van der Waals surface area (Å²) in [4.78, 5) is 23.3. The molecule has 0 heterocycles. The van der Waals surface area contributed by atoms with Gasteiger partial charge in [0.05, 0.1) is 10.6 Å². The van der Waals surface area contributed by atoms with E-state index in [0.717, 1.165) is 0 Å². The van der Waals surface area contributed by atoms with Crippen LogP contribution in [0.3, 0.4) is 0 Å². The van der Waals surface area contributed by atoms with Gasteiger partial charge in [0.2, 0.25) is 0 Å². The molecule has 2 N–H and O–H groups in total. The lowest BCUT2D eigenvalue weighted by molar-refractivity contribution is 0.0695. The second kappa shape index (κ2) is 6.28. The van der Waals surface area contributed by atoms with Crippen LogP contribution in [0.5, 0.6) is 0 Å². The molecule has 0 atom stereocenters. The normalized spacial score (nSPS) is 10.2.